The van der Waals surface area contributed by atoms with Crippen LogP contribution in [0.4, 0.5) is 0 Å². The van der Waals surface area contributed by atoms with E-state index in [9.17, 15) is 4.79 Å². The van der Waals surface area contributed by atoms with Crippen LogP contribution in [-0.4, -0.2) is 17.3 Å². The Morgan fingerprint density at radius 2 is 2.33 bits per heavy atom. The van der Waals surface area contributed by atoms with Crippen LogP contribution < -0.4 is 4.74 Å². The van der Waals surface area contributed by atoms with Gasteiger partial charge in [-0.3, -0.25) is 4.79 Å². The van der Waals surface area contributed by atoms with Crippen molar-refractivity contribution in [2.75, 3.05) is 7.11 Å². The molecule has 0 aliphatic heterocycles. The van der Waals surface area contributed by atoms with Crippen LogP contribution in [0.5, 0.6) is 5.75 Å². The molecule has 0 aliphatic carbocycles. The fourth-order valence-corrected chi connectivity index (χ4v) is 1.01. The third-order valence-corrected chi connectivity index (χ3v) is 1.61. The minimum absolute atomic E-state index is 0.0727. The van der Waals surface area contributed by atoms with E-state index < -0.39 is 5.24 Å². The largest absolute Gasteiger partial charge is 0.494 e. The van der Waals surface area contributed by atoms with Gasteiger partial charge in [-0.15, -0.1) is 0 Å². The van der Waals surface area contributed by atoms with Gasteiger partial charge in [-0.1, -0.05) is 11.6 Å². The second-order valence-electron chi connectivity index (χ2n) is 1.98. The van der Waals surface area contributed by atoms with Gasteiger partial charge in [-0.2, -0.15) is 0 Å². The molecule has 0 unspecified atom stereocenters. The Bertz CT molecular complexity index is 314. The highest BCUT2D eigenvalue weighted by atomic mass is 35.5. The Kier molecular flexibility index (Phi) is 2.89. The number of methoxy groups -OCH3 is 1. The zero-order valence-electron chi connectivity index (χ0n) is 6.17. The van der Waals surface area contributed by atoms with Crippen molar-refractivity contribution in [3.63, 3.8) is 0 Å². The first-order valence-corrected chi connectivity index (χ1v) is 3.80. The molecule has 0 amide bonds. The summed E-state index contributed by atoms with van der Waals surface area (Å²) >= 11 is 10.8. The molecule has 1 aromatic rings. The van der Waals surface area contributed by atoms with Gasteiger partial charge in [0, 0.05) is 12.3 Å². The minimum Gasteiger partial charge on any atom is -0.494 e. The Labute approximate surface area is 79.3 Å². The van der Waals surface area contributed by atoms with Gasteiger partial charge in [0.1, 0.15) is 0 Å². The van der Waals surface area contributed by atoms with Crippen LogP contribution in [0, 0.1) is 0 Å². The maximum absolute atomic E-state index is 10.7. The molecule has 0 saturated heterocycles. The van der Waals surface area contributed by atoms with Crippen molar-refractivity contribution in [1.29, 1.82) is 0 Å². The van der Waals surface area contributed by atoms with Crippen molar-refractivity contribution < 1.29 is 9.53 Å². The van der Waals surface area contributed by atoms with E-state index in [1.165, 1.54) is 19.4 Å². The maximum Gasteiger partial charge on any atom is 0.274 e. The first-order chi connectivity index (χ1) is 5.65. The number of hydrogen-bond acceptors (Lipinski definition) is 3. The molecule has 0 N–H and O–H groups in total. The molecule has 1 heterocycles. The number of carbonyl (C=O) groups excluding carboxylic acids is 1. The second-order valence-corrected chi connectivity index (χ2v) is 2.76. The average Bonchev–Trinajstić information content (AvgIpc) is 2.03. The molecule has 0 aromatic carbocycles. The monoisotopic (exact) mass is 205 g/mol. The molecule has 12 heavy (non-hydrogen) atoms. The van der Waals surface area contributed by atoms with Crippen LogP contribution in [0.25, 0.3) is 0 Å². The van der Waals surface area contributed by atoms with E-state index in [0.29, 0.717) is 5.02 Å². The first-order valence-electron chi connectivity index (χ1n) is 3.04. The molecule has 0 fully saturated rings. The molecule has 0 saturated carbocycles. The summed E-state index contributed by atoms with van der Waals surface area (Å²) in [7, 11) is 1.41. The summed E-state index contributed by atoms with van der Waals surface area (Å²) in [5.74, 6) is 0.280. The van der Waals surface area contributed by atoms with Gasteiger partial charge in [0.05, 0.1) is 12.1 Å². The highest BCUT2D eigenvalue weighted by Gasteiger charge is 2.11. The number of ether oxygens (including phenoxy) is 1. The van der Waals surface area contributed by atoms with E-state index in [1.807, 2.05) is 0 Å². The normalized spacial score (nSPS) is 9.58. The molecule has 3 nitrogen and oxygen atoms in total. The molecule has 1 aromatic heterocycles. The second kappa shape index (κ2) is 3.74. The summed E-state index contributed by atoms with van der Waals surface area (Å²) in [6.45, 7) is 0. The predicted molar refractivity (Wildman–Crippen MR) is 46.0 cm³/mol. The van der Waals surface area contributed by atoms with E-state index >= 15 is 0 Å². The van der Waals surface area contributed by atoms with Crippen LogP contribution in [0.15, 0.2) is 12.3 Å². The summed E-state index contributed by atoms with van der Waals surface area (Å²) in [6, 6.07) is 1.48. The zero-order valence-corrected chi connectivity index (χ0v) is 7.69. The topological polar surface area (TPSA) is 39.2 Å². The number of aromatic nitrogens is 1. The lowest BCUT2D eigenvalue weighted by Gasteiger charge is -2.02. The van der Waals surface area contributed by atoms with E-state index in [4.69, 9.17) is 27.9 Å². The van der Waals surface area contributed by atoms with Gasteiger partial charge in [0.25, 0.3) is 5.24 Å². The lowest BCUT2D eigenvalue weighted by molar-refractivity contribution is 0.107. The Morgan fingerprint density at radius 3 is 2.83 bits per heavy atom. The highest BCUT2D eigenvalue weighted by molar-refractivity contribution is 6.67. The van der Waals surface area contributed by atoms with Crippen LogP contribution in [0.3, 0.4) is 0 Å². The number of carbonyl (C=O) groups is 1. The molecule has 64 valence electrons. The summed E-state index contributed by atoms with van der Waals surface area (Å²) in [4.78, 5) is 14.4. The van der Waals surface area contributed by atoms with Crippen LogP contribution in [0.2, 0.25) is 5.02 Å². The Hall–Kier alpha value is -0.800. The highest BCUT2D eigenvalue weighted by Crippen LogP contribution is 2.21. The number of halogens is 2. The summed E-state index contributed by atoms with van der Waals surface area (Å²) in [5, 5.41) is -0.267. The molecule has 0 spiro atoms. The molecular weight excluding hydrogens is 201 g/mol. The van der Waals surface area contributed by atoms with Crippen molar-refractivity contribution in [2.45, 2.75) is 0 Å². The molecular formula is C7H5Cl2NO2. The number of pyridine rings is 1. The third kappa shape index (κ3) is 1.87. The number of rotatable bonds is 2. The summed E-state index contributed by atoms with van der Waals surface area (Å²) in [6.07, 6.45) is 1.33. The number of nitrogens with zero attached hydrogens (tertiary/aromatic N) is 1. The van der Waals surface area contributed by atoms with Crippen LogP contribution >= 0.6 is 23.2 Å². The average molecular weight is 206 g/mol. The zero-order chi connectivity index (χ0) is 9.14. The fourth-order valence-electron chi connectivity index (χ4n) is 0.724. The lowest BCUT2D eigenvalue weighted by atomic mass is 10.3. The van der Waals surface area contributed by atoms with E-state index in [-0.39, 0.29) is 11.4 Å². The Morgan fingerprint density at radius 1 is 1.67 bits per heavy atom. The van der Waals surface area contributed by atoms with Crippen molar-refractivity contribution in [3.8, 4) is 5.75 Å². The standard InChI is InChI=1S/C7H5Cl2NO2/c1-12-5-2-4(8)3-10-6(5)7(9)11/h2-3H,1H3. The quantitative estimate of drug-likeness (QED) is 0.695. The molecule has 0 radical (unpaired) electrons. The molecule has 5 heteroatoms. The minimum atomic E-state index is -0.663. The van der Waals surface area contributed by atoms with Crippen molar-refractivity contribution >= 4 is 28.4 Å². The van der Waals surface area contributed by atoms with Gasteiger partial charge in [-0.05, 0) is 11.6 Å². The smallest absolute Gasteiger partial charge is 0.274 e. The van der Waals surface area contributed by atoms with Crippen molar-refractivity contribution in [3.05, 3.63) is 23.0 Å². The molecule has 1 rings (SSSR count). The van der Waals surface area contributed by atoms with E-state index in [0.717, 1.165) is 0 Å². The van der Waals surface area contributed by atoms with E-state index in [2.05, 4.69) is 4.98 Å². The SMILES string of the molecule is COc1cc(Cl)cnc1C(=O)Cl. The molecule has 0 bridgehead atoms. The fraction of sp³-hybridized carbons (Fsp3) is 0.143. The predicted octanol–water partition coefficient (Wildman–Crippen LogP) is 2.12. The third-order valence-electron chi connectivity index (χ3n) is 1.23. The van der Waals surface area contributed by atoms with Crippen molar-refractivity contribution in [1.82, 2.24) is 4.98 Å². The van der Waals surface area contributed by atoms with Gasteiger partial charge >= 0.3 is 0 Å². The van der Waals surface area contributed by atoms with Gasteiger partial charge in [0.2, 0.25) is 0 Å². The van der Waals surface area contributed by atoms with Crippen molar-refractivity contribution in [2.24, 2.45) is 0 Å². The maximum atomic E-state index is 10.7. The molecule has 0 atom stereocenters. The van der Waals surface area contributed by atoms with Crippen LogP contribution in [0.1, 0.15) is 10.5 Å². The van der Waals surface area contributed by atoms with E-state index in [1.54, 1.807) is 0 Å². The number of hydrogen-bond donors (Lipinski definition) is 0. The van der Waals surface area contributed by atoms with Gasteiger partial charge in [0.15, 0.2) is 11.4 Å². The first kappa shape index (κ1) is 9.29. The Balaban J connectivity index is 3.20. The lowest BCUT2D eigenvalue weighted by Crippen LogP contribution is -1.98. The summed E-state index contributed by atoms with van der Waals surface area (Å²) in [5.41, 5.74) is 0.0727. The van der Waals surface area contributed by atoms with Crippen LogP contribution in [-0.2, 0) is 0 Å². The van der Waals surface area contributed by atoms with Gasteiger partial charge < -0.3 is 4.74 Å². The molecule has 0 aliphatic rings. The van der Waals surface area contributed by atoms with Gasteiger partial charge in [-0.25, -0.2) is 4.98 Å². The summed E-state index contributed by atoms with van der Waals surface area (Å²) < 4.78 is 4.84.